The average molecular weight is 256 g/mol. The number of aryl methyl sites for hydroxylation is 1. The monoisotopic (exact) mass is 256 g/mol. The van der Waals surface area contributed by atoms with Crippen LogP contribution < -0.4 is 5.73 Å². The van der Waals surface area contributed by atoms with Crippen molar-refractivity contribution in [3.8, 4) is 21.7 Å². The lowest BCUT2D eigenvalue weighted by Crippen LogP contribution is -1.97. The van der Waals surface area contributed by atoms with E-state index in [9.17, 15) is 0 Å². The Balaban J connectivity index is 2.26. The van der Waals surface area contributed by atoms with Crippen LogP contribution >= 0.6 is 11.3 Å². The van der Waals surface area contributed by atoms with Gasteiger partial charge in [-0.25, -0.2) is 0 Å². The fraction of sp³-hybridized carbons (Fsp3) is 0.0769. The highest BCUT2D eigenvalue weighted by Crippen LogP contribution is 2.37. The van der Waals surface area contributed by atoms with Crippen LogP contribution in [0.25, 0.3) is 21.7 Å². The molecule has 0 aromatic carbocycles. The smallest absolute Gasteiger partial charge is 0.129 e. The Kier molecular flexibility index (Phi) is 2.60. The number of thiophene rings is 1. The first-order valence-electron chi connectivity index (χ1n) is 5.54. The molecule has 0 radical (unpaired) electrons. The van der Waals surface area contributed by atoms with Crippen molar-refractivity contribution in [2.45, 2.75) is 0 Å². The van der Waals surface area contributed by atoms with Crippen LogP contribution in [0.5, 0.6) is 0 Å². The molecule has 3 aromatic heterocycles. The van der Waals surface area contributed by atoms with Crippen molar-refractivity contribution < 1.29 is 0 Å². The van der Waals surface area contributed by atoms with Crippen LogP contribution in [0.2, 0.25) is 0 Å². The number of hydrogen-bond donors (Lipinski definition) is 1. The summed E-state index contributed by atoms with van der Waals surface area (Å²) in [5, 5.41) is 6.55. The molecule has 5 heteroatoms. The van der Waals surface area contributed by atoms with Gasteiger partial charge in [-0.3, -0.25) is 9.67 Å². The van der Waals surface area contributed by atoms with Gasteiger partial charge in [-0.2, -0.15) is 5.10 Å². The Labute approximate surface area is 109 Å². The van der Waals surface area contributed by atoms with Gasteiger partial charge in [-0.1, -0.05) is 6.07 Å². The van der Waals surface area contributed by atoms with Gasteiger partial charge in [0.1, 0.15) is 11.5 Å². The molecule has 18 heavy (non-hydrogen) atoms. The normalized spacial score (nSPS) is 10.7. The first-order valence-corrected chi connectivity index (χ1v) is 6.42. The van der Waals surface area contributed by atoms with Crippen molar-refractivity contribution in [2.24, 2.45) is 7.05 Å². The highest BCUT2D eigenvalue weighted by Gasteiger charge is 2.17. The molecule has 3 aromatic rings. The van der Waals surface area contributed by atoms with E-state index in [1.165, 1.54) is 0 Å². The number of rotatable bonds is 2. The van der Waals surface area contributed by atoms with Crippen LogP contribution in [-0.4, -0.2) is 14.8 Å². The second-order valence-corrected chi connectivity index (χ2v) is 4.89. The molecular weight excluding hydrogens is 244 g/mol. The van der Waals surface area contributed by atoms with Crippen molar-refractivity contribution in [3.05, 3.63) is 42.0 Å². The van der Waals surface area contributed by atoms with E-state index in [0.717, 1.165) is 21.7 Å². The summed E-state index contributed by atoms with van der Waals surface area (Å²) >= 11 is 1.66. The SMILES string of the molecule is Cn1nc(-c2cccs2)c(-c2ccncc2)c1N. The number of hydrogen-bond acceptors (Lipinski definition) is 4. The summed E-state index contributed by atoms with van der Waals surface area (Å²) in [4.78, 5) is 5.15. The summed E-state index contributed by atoms with van der Waals surface area (Å²) < 4.78 is 1.71. The minimum absolute atomic E-state index is 0.671. The lowest BCUT2D eigenvalue weighted by atomic mass is 10.1. The predicted octanol–water partition coefficient (Wildman–Crippen LogP) is 2.79. The molecule has 0 fully saturated rings. The molecule has 0 aliphatic carbocycles. The molecule has 0 atom stereocenters. The lowest BCUT2D eigenvalue weighted by Gasteiger charge is -2.02. The standard InChI is InChI=1S/C13H12N4S/c1-17-13(14)11(9-4-6-15-7-5-9)12(16-17)10-3-2-8-18-10/h2-8H,14H2,1H3. The first-order chi connectivity index (χ1) is 8.77. The van der Waals surface area contributed by atoms with Gasteiger partial charge in [0.25, 0.3) is 0 Å². The molecule has 0 bridgehead atoms. The molecule has 0 saturated heterocycles. The van der Waals surface area contributed by atoms with E-state index in [4.69, 9.17) is 5.73 Å². The highest BCUT2D eigenvalue weighted by atomic mass is 32.1. The van der Waals surface area contributed by atoms with Crippen molar-refractivity contribution in [1.82, 2.24) is 14.8 Å². The van der Waals surface area contributed by atoms with Gasteiger partial charge in [0.2, 0.25) is 0 Å². The van der Waals surface area contributed by atoms with E-state index in [-0.39, 0.29) is 0 Å². The average Bonchev–Trinajstić information content (AvgIpc) is 3.00. The number of nitrogens with two attached hydrogens (primary N) is 1. The Hall–Kier alpha value is -2.14. The minimum Gasteiger partial charge on any atom is -0.383 e. The molecule has 0 aliphatic heterocycles. The first kappa shape index (κ1) is 11.0. The molecule has 0 spiro atoms. The van der Waals surface area contributed by atoms with Crippen molar-refractivity contribution >= 4 is 17.2 Å². The van der Waals surface area contributed by atoms with Crippen LogP contribution in [0.1, 0.15) is 0 Å². The summed E-state index contributed by atoms with van der Waals surface area (Å²) in [6, 6.07) is 7.97. The second-order valence-electron chi connectivity index (χ2n) is 3.95. The molecule has 90 valence electrons. The number of nitrogens with zero attached hydrogens (tertiary/aromatic N) is 3. The van der Waals surface area contributed by atoms with E-state index >= 15 is 0 Å². The van der Waals surface area contributed by atoms with Crippen LogP contribution in [0.15, 0.2) is 42.0 Å². The fourth-order valence-corrected chi connectivity index (χ4v) is 2.64. The Bertz CT molecular complexity index is 656. The quantitative estimate of drug-likeness (QED) is 0.767. The molecule has 2 N–H and O–H groups in total. The highest BCUT2D eigenvalue weighted by molar-refractivity contribution is 7.13. The zero-order valence-electron chi connectivity index (χ0n) is 9.87. The molecule has 3 rings (SSSR count). The number of nitrogen functional groups attached to an aromatic ring is 1. The molecule has 3 heterocycles. The zero-order chi connectivity index (χ0) is 12.5. The number of anilines is 1. The number of aromatic nitrogens is 3. The molecule has 0 saturated carbocycles. The second kappa shape index (κ2) is 4.27. The molecule has 0 unspecified atom stereocenters. The molecular formula is C13H12N4S. The topological polar surface area (TPSA) is 56.7 Å². The van der Waals surface area contributed by atoms with Crippen LogP contribution in [0.4, 0.5) is 5.82 Å². The van der Waals surface area contributed by atoms with Crippen LogP contribution in [0, 0.1) is 0 Å². The van der Waals surface area contributed by atoms with Gasteiger partial charge in [0, 0.05) is 19.4 Å². The summed E-state index contributed by atoms with van der Waals surface area (Å²) in [7, 11) is 1.86. The summed E-state index contributed by atoms with van der Waals surface area (Å²) in [6.45, 7) is 0. The van der Waals surface area contributed by atoms with E-state index in [2.05, 4.69) is 16.1 Å². The summed E-state index contributed by atoms with van der Waals surface area (Å²) in [6.07, 6.45) is 3.53. The third-order valence-electron chi connectivity index (χ3n) is 2.82. The fourth-order valence-electron chi connectivity index (χ4n) is 1.93. The summed E-state index contributed by atoms with van der Waals surface area (Å²) in [5.41, 5.74) is 9.07. The zero-order valence-corrected chi connectivity index (χ0v) is 10.7. The molecule has 4 nitrogen and oxygen atoms in total. The van der Waals surface area contributed by atoms with Gasteiger partial charge in [0.15, 0.2) is 0 Å². The van der Waals surface area contributed by atoms with E-state index < -0.39 is 0 Å². The van der Waals surface area contributed by atoms with E-state index in [1.807, 2.05) is 30.6 Å². The van der Waals surface area contributed by atoms with Crippen LogP contribution in [-0.2, 0) is 7.05 Å². The molecule has 0 aliphatic rings. The van der Waals surface area contributed by atoms with Crippen molar-refractivity contribution in [2.75, 3.05) is 5.73 Å². The largest absolute Gasteiger partial charge is 0.383 e. The van der Waals surface area contributed by atoms with Gasteiger partial charge in [0.05, 0.1) is 10.4 Å². The Morgan fingerprint density at radius 1 is 1.22 bits per heavy atom. The van der Waals surface area contributed by atoms with Crippen LogP contribution in [0.3, 0.4) is 0 Å². The van der Waals surface area contributed by atoms with Gasteiger partial charge in [-0.15, -0.1) is 11.3 Å². The third-order valence-corrected chi connectivity index (χ3v) is 3.69. The summed E-state index contributed by atoms with van der Waals surface area (Å²) in [5.74, 6) is 0.671. The van der Waals surface area contributed by atoms with Gasteiger partial charge in [-0.05, 0) is 29.1 Å². The maximum atomic E-state index is 6.13. The van der Waals surface area contributed by atoms with Crippen molar-refractivity contribution in [3.63, 3.8) is 0 Å². The third kappa shape index (κ3) is 1.69. The Morgan fingerprint density at radius 3 is 2.67 bits per heavy atom. The van der Waals surface area contributed by atoms with E-state index in [1.54, 1.807) is 28.4 Å². The van der Waals surface area contributed by atoms with Gasteiger partial charge < -0.3 is 5.73 Å². The maximum Gasteiger partial charge on any atom is 0.129 e. The van der Waals surface area contributed by atoms with Gasteiger partial charge >= 0.3 is 0 Å². The van der Waals surface area contributed by atoms with Crippen molar-refractivity contribution in [1.29, 1.82) is 0 Å². The number of pyridine rings is 1. The van der Waals surface area contributed by atoms with E-state index in [0.29, 0.717) is 5.82 Å². The lowest BCUT2D eigenvalue weighted by molar-refractivity contribution is 0.783. The minimum atomic E-state index is 0.671. The molecule has 0 amide bonds. The predicted molar refractivity (Wildman–Crippen MR) is 74.2 cm³/mol. The maximum absolute atomic E-state index is 6.13. The Morgan fingerprint density at radius 2 is 2.00 bits per heavy atom.